The second-order valence-electron chi connectivity index (χ2n) is 8.55. The molecule has 37 heavy (non-hydrogen) atoms. The number of halogens is 1. The summed E-state index contributed by atoms with van der Waals surface area (Å²) in [5, 5.41) is 0. The van der Waals surface area contributed by atoms with Crippen LogP contribution in [-0.2, 0) is 32.3 Å². The third-order valence-electron chi connectivity index (χ3n) is 5.44. The van der Waals surface area contributed by atoms with Crippen LogP contribution in [0.3, 0.4) is 0 Å². The Labute approximate surface area is 215 Å². The van der Waals surface area contributed by atoms with Gasteiger partial charge in [0.25, 0.3) is 0 Å². The van der Waals surface area contributed by atoms with Gasteiger partial charge in [0.2, 0.25) is 0 Å². The summed E-state index contributed by atoms with van der Waals surface area (Å²) in [6, 6.07) is 15.1. The summed E-state index contributed by atoms with van der Waals surface area (Å²) < 4.78 is 36.6. The molecule has 6 nitrogen and oxygen atoms in total. The molecule has 0 bridgehead atoms. The Balaban J connectivity index is 1.94. The van der Waals surface area contributed by atoms with Gasteiger partial charge in [0.05, 0.1) is 13.2 Å². The minimum atomic E-state index is -0.547. The van der Waals surface area contributed by atoms with E-state index in [9.17, 15) is 9.59 Å². The van der Waals surface area contributed by atoms with E-state index in [1.54, 1.807) is 62.4 Å². The highest BCUT2D eigenvalue weighted by Crippen LogP contribution is 2.33. The number of hydrogen-bond donors (Lipinski definition) is 0. The first-order valence-electron chi connectivity index (χ1n) is 11.4. The summed E-state index contributed by atoms with van der Waals surface area (Å²) in [6.07, 6.45) is 0. The topological polar surface area (TPSA) is 71.1 Å². The van der Waals surface area contributed by atoms with Crippen LogP contribution in [0.2, 0.25) is 0 Å². The van der Waals surface area contributed by atoms with Gasteiger partial charge < -0.3 is 18.9 Å². The number of benzene rings is 3. The maximum absolute atomic E-state index is 15.3. The Morgan fingerprint density at radius 1 is 0.703 bits per heavy atom. The Bertz CT molecular complexity index is 1360. The third kappa shape index (κ3) is 6.78. The van der Waals surface area contributed by atoms with Crippen molar-refractivity contribution in [2.45, 2.75) is 27.1 Å². The van der Waals surface area contributed by atoms with Crippen molar-refractivity contribution in [3.05, 3.63) is 95.8 Å². The molecule has 0 saturated carbocycles. The third-order valence-corrected chi connectivity index (χ3v) is 5.44. The predicted octanol–water partition coefficient (Wildman–Crippen LogP) is 6.42. The van der Waals surface area contributed by atoms with Crippen molar-refractivity contribution in [1.29, 1.82) is 0 Å². The molecule has 0 amide bonds. The van der Waals surface area contributed by atoms with Crippen LogP contribution >= 0.6 is 0 Å². The lowest BCUT2D eigenvalue weighted by molar-refractivity contribution is -0.131. The average molecular weight is 505 g/mol. The fraction of sp³-hybridized carbons (Fsp3) is 0.200. The highest BCUT2D eigenvalue weighted by molar-refractivity contribution is 5.89. The standard InChI is InChI=1S/C30H29FO6/c1-18(2)29(32)36-27-11-8-20(13-23(27)16-34-5)21-7-10-25(26(31)15-21)22-9-12-28(24(14-22)17-35-6)37-30(33)19(3)4/h7-15H,1,3,16-17H2,2,4-6H3. The molecule has 0 spiro atoms. The molecule has 0 fully saturated rings. The molecule has 0 aromatic heterocycles. The minimum Gasteiger partial charge on any atom is -0.423 e. The Morgan fingerprint density at radius 3 is 1.59 bits per heavy atom. The van der Waals surface area contributed by atoms with Crippen molar-refractivity contribution in [3.63, 3.8) is 0 Å². The van der Waals surface area contributed by atoms with E-state index in [1.807, 2.05) is 0 Å². The molecule has 192 valence electrons. The van der Waals surface area contributed by atoms with E-state index >= 15 is 4.39 Å². The van der Waals surface area contributed by atoms with Crippen LogP contribution in [0.4, 0.5) is 4.39 Å². The fourth-order valence-corrected chi connectivity index (χ4v) is 3.54. The monoisotopic (exact) mass is 504 g/mol. The molecule has 0 aliphatic rings. The second-order valence-corrected chi connectivity index (χ2v) is 8.55. The largest absolute Gasteiger partial charge is 0.423 e. The zero-order chi connectivity index (χ0) is 27.1. The van der Waals surface area contributed by atoms with E-state index in [4.69, 9.17) is 18.9 Å². The molecule has 3 aromatic carbocycles. The van der Waals surface area contributed by atoms with Crippen molar-refractivity contribution in [3.8, 4) is 33.8 Å². The van der Waals surface area contributed by atoms with Gasteiger partial charge in [0.15, 0.2) is 0 Å². The van der Waals surface area contributed by atoms with E-state index in [0.717, 1.165) is 5.56 Å². The average Bonchev–Trinajstić information content (AvgIpc) is 2.86. The number of rotatable bonds is 10. The summed E-state index contributed by atoms with van der Waals surface area (Å²) >= 11 is 0. The van der Waals surface area contributed by atoms with Crippen LogP contribution in [-0.4, -0.2) is 26.2 Å². The Kier molecular flexibility index (Phi) is 9.11. The molecule has 0 heterocycles. The maximum Gasteiger partial charge on any atom is 0.338 e. The number of hydrogen-bond acceptors (Lipinski definition) is 6. The lowest BCUT2D eigenvalue weighted by Gasteiger charge is -2.14. The Morgan fingerprint density at radius 2 is 1.14 bits per heavy atom. The molecular weight excluding hydrogens is 475 g/mol. The molecule has 0 aliphatic carbocycles. The van der Waals surface area contributed by atoms with Gasteiger partial charge in [0, 0.05) is 42.1 Å². The lowest BCUT2D eigenvalue weighted by Crippen LogP contribution is -2.10. The first-order valence-corrected chi connectivity index (χ1v) is 11.4. The molecule has 0 saturated heterocycles. The maximum atomic E-state index is 15.3. The highest BCUT2D eigenvalue weighted by Gasteiger charge is 2.15. The summed E-state index contributed by atoms with van der Waals surface area (Å²) in [5.41, 5.74) is 4.14. The zero-order valence-corrected chi connectivity index (χ0v) is 21.4. The van der Waals surface area contributed by atoms with Crippen LogP contribution in [0.5, 0.6) is 11.5 Å². The SMILES string of the molecule is C=C(C)C(=O)Oc1ccc(-c2ccc(-c3ccc(OC(=O)C(=C)C)c(COC)c3)c(F)c2)cc1COC. The van der Waals surface area contributed by atoms with Gasteiger partial charge in [-0.05, 0) is 60.9 Å². The lowest BCUT2D eigenvalue weighted by atomic mass is 9.97. The van der Waals surface area contributed by atoms with Crippen molar-refractivity contribution in [2.75, 3.05) is 14.2 Å². The molecule has 0 aliphatic heterocycles. The van der Waals surface area contributed by atoms with Crippen molar-refractivity contribution in [2.24, 2.45) is 0 Å². The van der Waals surface area contributed by atoms with Gasteiger partial charge >= 0.3 is 11.9 Å². The minimum absolute atomic E-state index is 0.178. The number of carbonyl (C=O) groups is 2. The normalized spacial score (nSPS) is 10.6. The molecule has 0 unspecified atom stereocenters. The number of methoxy groups -OCH3 is 2. The van der Waals surface area contributed by atoms with Gasteiger partial charge in [-0.25, -0.2) is 14.0 Å². The highest BCUT2D eigenvalue weighted by atomic mass is 19.1. The van der Waals surface area contributed by atoms with Crippen molar-refractivity contribution < 1.29 is 32.9 Å². The molecule has 3 aromatic rings. The van der Waals surface area contributed by atoms with E-state index in [-0.39, 0.29) is 24.4 Å². The van der Waals surface area contributed by atoms with Crippen molar-refractivity contribution in [1.82, 2.24) is 0 Å². The van der Waals surface area contributed by atoms with E-state index < -0.39 is 17.8 Å². The van der Waals surface area contributed by atoms with Gasteiger partial charge in [-0.1, -0.05) is 37.4 Å². The van der Waals surface area contributed by atoms with E-state index in [2.05, 4.69) is 13.2 Å². The first-order chi connectivity index (χ1) is 17.6. The number of ether oxygens (including phenoxy) is 4. The van der Waals surface area contributed by atoms with Gasteiger partial charge in [-0.3, -0.25) is 0 Å². The van der Waals surface area contributed by atoms with Crippen LogP contribution in [0.1, 0.15) is 25.0 Å². The zero-order valence-electron chi connectivity index (χ0n) is 21.4. The van der Waals surface area contributed by atoms with Crippen LogP contribution in [0.15, 0.2) is 78.9 Å². The number of esters is 2. The van der Waals surface area contributed by atoms with E-state index in [1.165, 1.54) is 20.3 Å². The van der Waals surface area contributed by atoms with Gasteiger partial charge in [0.1, 0.15) is 17.3 Å². The van der Waals surface area contributed by atoms with Crippen LogP contribution in [0, 0.1) is 5.82 Å². The Hall–Kier alpha value is -4.07. The quantitative estimate of drug-likeness (QED) is 0.180. The predicted molar refractivity (Wildman–Crippen MR) is 140 cm³/mol. The first kappa shape index (κ1) is 27.5. The molecular formula is C30H29FO6. The van der Waals surface area contributed by atoms with Gasteiger partial charge in [-0.2, -0.15) is 0 Å². The van der Waals surface area contributed by atoms with E-state index in [0.29, 0.717) is 39.3 Å². The molecule has 0 radical (unpaired) electrons. The smallest absolute Gasteiger partial charge is 0.338 e. The van der Waals surface area contributed by atoms with Crippen LogP contribution in [0.25, 0.3) is 22.3 Å². The van der Waals surface area contributed by atoms with Crippen LogP contribution < -0.4 is 9.47 Å². The molecule has 0 N–H and O–H groups in total. The summed E-state index contributed by atoms with van der Waals surface area (Å²) in [6.45, 7) is 10.7. The number of carbonyl (C=O) groups excluding carboxylic acids is 2. The second kappa shape index (κ2) is 12.3. The van der Waals surface area contributed by atoms with Crippen molar-refractivity contribution >= 4 is 11.9 Å². The molecule has 3 rings (SSSR count). The van der Waals surface area contributed by atoms with Gasteiger partial charge in [-0.15, -0.1) is 0 Å². The molecule has 0 atom stereocenters. The summed E-state index contributed by atoms with van der Waals surface area (Å²) in [7, 11) is 3.06. The fourth-order valence-electron chi connectivity index (χ4n) is 3.54. The summed E-state index contributed by atoms with van der Waals surface area (Å²) in [5.74, 6) is -0.830. The molecule has 7 heteroatoms. The summed E-state index contributed by atoms with van der Waals surface area (Å²) in [4.78, 5) is 23.9.